The SMILES string of the molecule is COc1cc2c(Oc3ccc(NC(=S)NC(=O)Cc4ccccc4)cc3F)ccnc2cc1OCCN1CCN(C)CC1. The first-order valence-electron chi connectivity index (χ1n) is 14.0. The Morgan fingerprint density at radius 2 is 1.77 bits per heavy atom. The molecule has 1 amide bonds. The summed E-state index contributed by atoms with van der Waals surface area (Å²) in [6, 6.07) is 18.9. The number of aromatic nitrogens is 1. The number of halogens is 1. The molecule has 1 aromatic heterocycles. The number of pyridine rings is 1. The van der Waals surface area contributed by atoms with Gasteiger partial charge in [0.25, 0.3) is 0 Å². The minimum Gasteiger partial charge on any atom is -0.493 e. The number of piperazine rings is 1. The summed E-state index contributed by atoms with van der Waals surface area (Å²) in [6.07, 6.45) is 1.78. The van der Waals surface area contributed by atoms with Crippen LogP contribution in [0, 0.1) is 5.82 Å². The van der Waals surface area contributed by atoms with Gasteiger partial charge < -0.3 is 29.7 Å². The minimum absolute atomic E-state index is 0.0172. The van der Waals surface area contributed by atoms with Crippen LogP contribution in [-0.2, 0) is 11.2 Å². The number of amides is 1. The van der Waals surface area contributed by atoms with Gasteiger partial charge in [-0.05, 0) is 49.1 Å². The van der Waals surface area contributed by atoms with Crippen LogP contribution < -0.4 is 24.8 Å². The average Bonchev–Trinajstić information content (AvgIpc) is 2.99. The zero-order valence-corrected chi connectivity index (χ0v) is 25.0. The molecule has 11 heteroatoms. The molecule has 0 saturated carbocycles. The fourth-order valence-electron chi connectivity index (χ4n) is 4.74. The van der Waals surface area contributed by atoms with E-state index in [-0.39, 0.29) is 23.2 Å². The Morgan fingerprint density at radius 1 is 0.977 bits per heavy atom. The lowest BCUT2D eigenvalue weighted by atomic mass is 10.1. The predicted octanol–water partition coefficient (Wildman–Crippen LogP) is 4.86. The second kappa shape index (κ2) is 14.2. The van der Waals surface area contributed by atoms with Crippen LogP contribution in [-0.4, -0.2) is 79.3 Å². The molecule has 0 bridgehead atoms. The van der Waals surface area contributed by atoms with Gasteiger partial charge in [-0.3, -0.25) is 14.7 Å². The highest BCUT2D eigenvalue weighted by molar-refractivity contribution is 7.80. The standard InChI is InChI=1S/C32H34FN5O4S/c1-37-12-14-38(15-13-37)16-17-41-30-21-26-24(20-29(30)40-2)27(10-11-34-26)42-28-9-8-23(19-25(28)33)35-32(43)36-31(39)18-22-6-4-3-5-7-22/h3-11,19-21H,12-18H2,1-2H3,(H2,35,36,39,43). The van der Waals surface area contributed by atoms with Gasteiger partial charge in [0.1, 0.15) is 12.4 Å². The Balaban J connectivity index is 1.22. The molecule has 43 heavy (non-hydrogen) atoms. The average molecular weight is 604 g/mol. The van der Waals surface area contributed by atoms with Crippen LogP contribution in [0.5, 0.6) is 23.0 Å². The number of nitrogens with zero attached hydrogens (tertiary/aromatic N) is 3. The fourth-order valence-corrected chi connectivity index (χ4v) is 4.97. The number of nitrogens with one attached hydrogen (secondary N) is 2. The molecular weight excluding hydrogens is 569 g/mol. The molecule has 2 N–H and O–H groups in total. The van der Waals surface area contributed by atoms with Crippen molar-refractivity contribution in [2.45, 2.75) is 6.42 Å². The van der Waals surface area contributed by atoms with Gasteiger partial charge in [0.15, 0.2) is 28.2 Å². The van der Waals surface area contributed by atoms with Crippen molar-refractivity contribution in [2.24, 2.45) is 0 Å². The van der Waals surface area contributed by atoms with E-state index >= 15 is 4.39 Å². The molecule has 9 nitrogen and oxygen atoms in total. The van der Waals surface area contributed by atoms with Crippen molar-refractivity contribution in [1.29, 1.82) is 0 Å². The first-order valence-corrected chi connectivity index (χ1v) is 14.4. The minimum atomic E-state index is -0.607. The number of hydrogen-bond acceptors (Lipinski definition) is 8. The van der Waals surface area contributed by atoms with E-state index in [9.17, 15) is 4.79 Å². The molecule has 1 saturated heterocycles. The molecule has 224 valence electrons. The van der Waals surface area contributed by atoms with Crippen LogP contribution in [0.1, 0.15) is 5.56 Å². The van der Waals surface area contributed by atoms with Crippen molar-refractivity contribution >= 4 is 39.8 Å². The highest BCUT2D eigenvalue weighted by Gasteiger charge is 2.16. The van der Waals surface area contributed by atoms with Crippen LogP contribution in [0.25, 0.3) is 10.9 Å². The van der Waals surface area contributed by atoms with Gasteiger partial charge in [0.2, 0.25) is 5.91 Å². The molecule has 0 atom stereocenters. The monoisotopic (exact) mass is 603 g/mol. The van der Waals surface area contributed by atoms with Gasteiger partial charge in [0, 0.05) is 62.1 Å². The summed E-state index contributed by atoms with van der Waals surface area (Å²) >= 11 is 5.23. The lowest BCUT2D eigenvalue weighted by Crippen LogP contribution is -2.45. The summed E-state index contributed by atoms with van der Waals surface area (Å²) in [6.45, 7) is 5.47. The summed E-state index contributed by atoms with van der Waals surface area (Å²) < 4.78 is 32.7. The van der Waals surface area contributed by atoms with E-state index in [0.29, 0.717) is 40.4 Å². The molecule has 0 spiro atoms. The molecule has 1 aliphatic heterocycles. The normalized spacial score (nSPS) is 13.8. The quantitative estimate of drug-likeness (QED) is 0.247. The van der Waals surface area contributed by atoms with Crippen molar-refractivity contribution in [3.05, 3.63) is 84.3 Å². The van der Waals surface area contributed by atoms with Crippen molar-refractivity contribution in [2.75, 3.05) is 58.8 Å². The molecular formula is C32H34FN5O4S. The predicted molar refractivity (Wildman–Crippen MR) is 169 cm³/mol. The summed E-state index contributed by atoms with van der Waals surface area (Å²) in [7, 11) is 3.71. The Kier molecular flexibility index (Phi) is 9.98. The Labute approximate surface area is 255 Å². The maximum absolute atomic E-state index is 15.1. The molecule has 0 unspecified atom stereocenters. The molecule has 2 heterocycles. The molecule has 4 aromatic rings. The van der Waals surface area contributed by atoms with Gasteiger partial charge in [-0.2, -0.15) is 0 Å². The highest BCUT2D eigenvalue weighted by Crippen LogP contribution is 2.37. The number of carbonyl (C=O) groups excluding carboxylic acids is 1. The number of rotatable bonds is 10. The van der Waals surface area contributed by atoms with Crippen LogP contribution in [0.3, 0.4) is 0 Å². The topological polar surface area (TPSA) is 88.2 Å². The van der Waals surface area contributed by atoms with Crippen molar-refractivity contribution < 1.29 is 23.4 Å². The lowest BCUT2D eigenvalue weighted by Gasteiger charge is -2.32. The number of hydrogen-bond donors (Lipinski definition) is 2. The van der Waals surface area contributed by atoms with Gasteiger partial charge >= 0.3 is 0 Å². The Bertz CT molecular complexity index is 1580. The summed E-state index contributed by atoms with van der Waals surface area (Å²) in [5.41, 5.74) is 1.86. The van der Waals surface area contributed by atoms with Crippen LogP contribution in [0.15, 0.2) is 72.9 Å². The Morgan fingerprint density at radius 3 is 2.51 bits per heavy atom. The third-order valence-electron chi connectivity index (χ3n) is 7.12. The van der Waals surface area contributed by atoms with Gasteiger partial charge in [-0.15, -0.1) is 0 Å². The Hall–Kier alpha value is -4.32. The smallest absolute Gasteiger partial charge is 0.230 e. The number of likely N-dealkylation sites (N-methyl/N-ethyl adjacent to an activating group) is 1. The van der Waals surface area contributed by atoms with Crippen LogP contribution in [0.4, 0.5) is 10.1 Å². The second-order valence-corrected chi connectivity index (χ2v) is 10.6. The summed E-state index contributed by atoms with van der Waals surface area (Å²) in [5.74, 6) is 0.671. The first-order chi connectivity index (χ1) is 20.9. The number of carbonyl (C=O) groups is 1. The van der Waals surface area contributed by atoms with Gasteiger partial charge in [-0.25, -0.2) is 4.39 Å². The molecule has 3 aromatic carbocycles. The molecule has 5 rings (SSSR count). The zero-order chi connectivity index (χ0) is 30.2. The number of methoxy groups -OCH3 is 1. The highest BCUT2D eigenvalue weighted by atomic mass is 32.1. The number of ether oxygens (including phenoxy) is 3. The van der Waals surface area contributed by atoms with Crippen LogP contribution in [0.2, 0.25) is 0 Å². The van der Waals surface area contributed by atoms with Gasteiger partial charge in [-0.1, -0.05) is 30.3 Å². The van der Waals surface area contributed by atoms with Gasteiger partial charge in [0.05, 0.1) is 19.0 Å². The summed E-state index contributed by atoms with van der Waals surface area (Å²) in [5, 5.41) is 6.17. The van der Waals surface area contributed by atoms with E-state index in [2.05, 4.69) is 32.5 Å². The van der Waals surface area contributed by atoms with Crippen molar-refractivity contribution in [3.8, 4) is 23.0 Å². The maximum Gasteiger partial charge on any atom is 0.230 e. The number of fused-ring (bicyclic) bond motifs is 1. The van der Waals surface area contributed by atoms with E-state index in [1.165, 1.54) is 12.1 Å². The third kappa shape index (κ3) is 8.16. The van der Waals surface area contributed by atoms with Crippen molar-refractivity contribution in [1.82, 2.24) is 20.1 Å². The molecule has 0 aliphatic carbocycles. The lowest BCUT2D eigenvalue weighted by molar-refractivity contribution is -0.119. The van der Waals surface area contributed by atoms with E-state index < -0.39 is 5.82 Å². The fraction of sp³-hybridized carbons (Fsp3) is 0.281. The molecule has 1 aliphatic rings. The van der Waals surface area contributed by atoms with E-state index in [1.807, 2.05) is 30.3 Å². The maximum atomic E-state index is 15.1. The first kappa shape index (κ1) is 30.1. The van der Waals surface area contributed by atoms with E-state index in [4.69, 9.17) is 26.4 Å². The largest absolute Gasteiger partial charge is 0.493 e. The van der Waals surface area contributed by atoms with E-state index in [1.54, 1.807) is 37.6 Å². The van der Waals surface area contributed by atoms with Crippen LogP contribution >= 0.6 is 12.2 Å². The zero-order valence-electron chi connectivity index (χ0n) is 24.1. The van der Waals surface area contributed by atoms with Crippen molar-refractivity contribution in [3.63, 3.8) is 0 Å². The number of benzene rings is 3. The molecule has 1 fully saturated rings. The number of thiocarbonyl (C=S) groups is 1. The third-order valence-corrected chi connectivity index (χ3v) is 7.32. The van der Waals surface area contributed by atoms with E-state index in [0.717, 1.165) is 38.3 Å². The number of anilines is 1. The summed E-state index contributed by atoms with van der Waals surface area (Å²) in [4.78, 5) is 21.4. The molecule has 0 radical (unpaired) electrons. The second-order valence-electron chi connectivity index (χ2n) is 10.2.